The van der Waals surface area contributed by atoms with Crippen LogP contribution in [-0.2, 0) is 0 Å². The Labute approximate surface area is 182 Å². The lowest BCUT2D eigenvalue weighted by Crippen LogP contribution is -2.07. The van der Waals surface area contributed by atoms with Gasteiger partial charge in [0.1, 0.15) is 5.69 Å². The van der Waals surface area contributed by atoms with E-state index in [2.05, 4.69) is 46.2 Å². The maximum Gasteiger partial charge on any atom is 0.227 e. The van der Waals surface area contributed by atoms with E-state index < -0.39 is 0 Å². The zero-order valence-corrected chi connectivity index (χ0v) is 18.3. The van der Waals surface area contributed by atoms with Crippen molar-refractivity contribution in [1.82, 2.24) is 4.98 Å². The number of rotatable bonds is 5. The number of oxazole rings is 1. The van der Waals surface area contributed by atoms with Crippen molar-refractivity contribution in [2.75, 3.05) is 38.0 Å². The second-order valence-electron chi connectivity index (χ2n) is 7.56. The number of hydrogen-bond donors (Lipinski definition) is 0. The minimum Gasteiger partial charge on any atom is -0.435 e. The summed E-state index contributed by atoms with van der Waals surface area (Å²) in [5.41, 5.74) is 5.76. The van der Waals surface area contributed by atoms with E-state index in [0.717, 1.165) is 33.8 Å². The first-order valence-corrected chi connectivity index (χ1v) is 10.1. The van der Waals surface area contributed by atoms with Crippen molar-refractivity contribution < 1.29 is 4.42 Å². The monoisotopic (exact) mass is 417 g/mol. The molecule has 0 atom stereocenters. The Morgan fingerprint density at radius 1 is 0.700 bits per heavy atom. The van der Waals surface area contributed by atoms with Gasteiger partial charge >= 0.3 is 0 Å². The zero-order valence-electron chi connectivity index (χ0n) is 17.6. The molecule has 0 spiro atoms. The summed E-state index contributed by atoms with van der Waals surface area (Å²) in [5.74, 6) is 1.24. The third-order valence-corrected chi connectivity index (χ3v) is 5.36. The van der Waals surface area contributed by atoms with Gasteiger partial charge in [-0.15, -0.1) is 0 Å². The molecule has 5 heteroatoms. The fourth-order valence-electron chi connectivity index (χ4n) is 3.29. The Morgan fingerprint density at radius 3 is 1.77 bits per heavy atom. The third-order valence-electron chi connectivity index (χ3n) is 5.03. The van der Waals surface area contributed by atoms with Crippen LogP contribution >= 0.6 is 11.6 Å². The van der Waals surface area contributed by atoms with Gasteiger partial charge in [-0.25, -0.2) is 4.98 Å². The lowest BCUT2D eigenvalue weighted by Gasteiger charge is -2.12. The molecular weight excluding hydrogens is 394 g/mol. The summed E-state index contributed by atoms with van der Waals surface area (Å²) in [6, 6.07) is 24.1. The predicted molar refractivity (Wildman–Crippen MR) is 126 cm³/mol. The molecule has 4 aromatic rings. The van der Waals surface area contributed by atoms with Crippen LogP contribution in [0, 0.1) is 0 Å². The van der Waals surface area contributed by atoms with Gasteiger partial charge in [0, 0.05) is 56.3 Å². The van der Waals surface area contributed by atoms with Gasteiger partial charge in [-0.3, -0.25) is 0 Å². The van der Waals surface area contributed by atoms with Crippen LogP contribution in [0.5, 0.6) is 0 Å². The maximum absolute atomic E-state index is 6.50. The van der Waals surface area contributed by atoms with Gasteiger partial charge in [0.25, 0.3) is 0 Å². The summed E-state index contributed by atoms with van der Waals surface area (Å²) in [6.45, 7) is 0. The molecule has 152 valence electrons. The lowest BCUT2D eigenvalue weighted by atomic mass is 10.1. The topological polar surface area (TPSA) is 32.5 Å². The second kappa shape index (κ2) is 8.25. The molecule has 0 aliphatic rings. The summed E-state index contributed by atoms with van der Waals surface area (Å²) < 4.78 is 6.28. The van der Waals surface area contributed by atoms with Crippen LogP contribution in [0.25, 0.3) is 34.0 Å². The summed E-state index contributed by atoms with van der Waals surface area (Å²) >= 11 is 6.50. The molecular formula is C25H24ClN3O. The predicted octanol–water partition coefficient (Wildman–Crippen LogP) is 6.46. The van der Waals surface area contributed by atoms with E-state index in [1.54, 1.807) is 0 Å². The highest BCUT2D eigenvalue weighted by molar-refractivity contribution is 6.33. The first-order chi connectivity index (χ1) is 14.4. The average Bonchev–Trinajstić information content (AvgIpc) is 3.19. The maximum atomic E-state index is 6.50. The van der Waals surface area contributed by atoms with Crippen LogP contribution in [-0.4, -0.2) is 33.2 Å². The molecule has 30 heavy (non-hydrogen) atoms. The van der Waals surface area contributed by atoms with E-state index in [9.17, 15) is 0 Å². The van der Waals surface area contributed by atoms with Gasteiger partial charge in [-0.05, 0) is 48.5 Å². The summed E-state index contributed by atoms with van der Waals surface area (Å²) in [6.07, 6.45) is 0. The van der Waals surface area contributed by atoms with Crippen LogP contribution in [0.4, 0.5) is 11.4 Å². The van der Waals surface area contributed by atoms with Crippen molar-refractivity contribution in [3.8, 4) is 34.0 Å². The molecule has 0 aliphatic heterocycles. The van der Waals surface area contributed by atoms with Crippen LogP contribution in [0.15, 0.2) is 77.2 Å². The second-order valence-corrected chi connectivity index (χ2v) is 7.97. The first-order valence-electron chi connectivity index (χ1n) is 9.75. The van der Waals surface area contributed by atoms with Gasteiger partial charge in [-0.2, -0.15) is 0 Å². The van der Waals surface area contributed by atoms with E-state index in [4.69, 9.17) is 21.0 Å². The number of halogens is 1. The molecule has 0 radical (unpaired) electrons. The Bertz CT molecular complexity index is 1150. The van der Waals surface area contributed by atoms with Gasteiger partial charge in [0.05, 0.1) is 5.02 Å². The minimum absolute atomic E-state index is 0.571. The number of aromatic nitrogens is 1. The van der Waals surface area contributed by atoms with Crippen molar-refractivity contribution >= 4 is 23.0 Å². The fourth-order valence-corrected chi connectivity index (χ4v) is 3.51. The van der Waals surface area contributed by atoms with Crippen molar-refractivity contribution in [3.63, 3.8) is 0 Å². The number of anilines is 2. The number of benzene rings is 3. The van der Waals surface area contributed by atoms with Crippen LogP contribution < -0.4 is 9.80 Å². The van der Waals surface area contributed by atoms with Crippen LogP contribution in [0.3, 0.4) is 0 Å². The highest BCUT2D eigenvalue weighted by Crippen LogP contribution is 2.39. The quantitative estimate of drug-likeness (QED) is 0.373. The van der Waals surface area contributed by atoms with Crippen LogP contribution in [0.2, 0.25) is 5.02 Å². The molecule has 4 rings (SSSR count). The fraction of sp³-hybridized carbons (Fsp3) is 0.160. The van der Waals surface area contributed by atoms with Gasteiger partial charge in [-0.1, -0.05) is 35.9 Å². The molecule has 0 fully saturated rings. The highest BCUT2D eigenvalue weighted by atomic mass is 35.5. The van der Waals surface area contributed by atoms with Crippen molar-refractivity contribution in [3.05, 3.63) is 77.8 Å². The molecule has 0 saturated carbocycles. The first kappa shape index (κ1) is 20.0. The van der Waals surface area contributed by atoms with E-state index in [1.807, 2.05) is 64.6 Å². The zero-order chi connectivity index (χ0) is 21.3. The van der Waals surface area contributed by atoms with Crippen LogP contribution in [0.1, 0.15) is 0 Å². The van der Waals surface area contributed by atoms with Gasteiger partial charge < -0.3 is 14.2 Å². The smallest absolute Gasteiger partial charge is 0.227 e. The number of nitrogens with zero attached hydrogens (tertiary/aromatic N) is 3. The van der Waals surface area contributed by atoms with Gasteiger partial charge in [0.2, 0.25) is 5.89 Å². The molecule has 1 heterocycles. The summed E-state index contributed by atoms with van der Waals surface area (Å²) in [7, 11) is 8.09. The normalized spacial score (nSPS) is 10.8. The van der Waals surface area contributed by atoms with E-state index in [1.165, 1.54) is 0 Å². The molecule has 3 aromatic carbocycles. The Kier molecular flexibility index (Phi) is 5.51. The highest BCUT2D eigenvalue weighted by Gasteiger charge is 2.20. The van der Waals surface area contributed by atoms with Crippen molar-refractivity contribution in [1.29, 1.82) is 0 Å². The van der Waals surface area contributed by atoms with E-state index >= 15 is 0 Å². The summed E-state index contributed by atoms with van der Waals surface area (Å²) in [4.78, 5) is 9.00. The molecule has 4 nitrogen and oxygen atoms in total. The molecule has 0 bridgehead atoms. The largest absolute Gasteiger partial charge is 0.435 e. The third kappa shape index (κ3) is 3.91. The summed E-state index contributed by atoms with van der Waals surface area (Å²) in [5, 5.41) is 0.634. The molecule has 1 aromatic heterocycles. The Morgan fingerprint density at radius 2 is 1.23 bits per heavy atom. The molecule has 0 amide bonds. The molecule has 0 unspecified atom stereocenters. The standard InChI is InChI=1S/C25H24ClN3O/c1-28(2)19-13-9-17(10-14-19)23-24(21-7-5-6-8-22(21)26)30-25(27-23)18-11-15-20(16-12-18)29(3)4/h5-16H,1-4H3. The average molecular weight is 418 g/mol. The van der Waals surface area contributed by atoms with E-state index in [0.29, 0.717) is 16.7 Å². The molecule has 0 N–H and O–H groups in total. The Hall–Kier alpha value is -3.24. The van der Waals surface area contributed by atoms with Gasteiger partial charge in [0.15, 0.2) is 5.76 Å². The lowest BCUT2D eigenvalue weighted by molar-refractivity contribution is 0.589. The minimum atomic E-state index is 0.571. The van der Waals surface area contributed by atoms with Crippen molar-refractivity contribution in [2.24, 2.45) is 0 Å². The van der Waals surface area contributed by atoms with Crippen molar-refractivity contribution in [2.45, 2.75) is 0 Å². The Balaban J connectivity index is 1.84. The van der Waals surface area contributed by atoms with E-state index in [-0.39, 0.29) is 0 Å². The SMILES string of the molecule is CN(C)c1ccc(-c2nc(-c3ccc(N(C)C)cc3)c(-c3ccccc3Cl)o2)cc1. The molecule has 0 saturated heterocycles. The molecule has 0 aliphatic carbocycles. The number of hydrogen-bond acceptors (Lipinski definition) is 4.